The summed E-state index contributed by atoms with van der Waals surface area (Å²) in [6, 6.07) is 8.29. The van der Waals surface area contributed by atoms with E-state index < -0.39 is 0 Å². The van der Waals surface area contributed by atoms with E-state index in [1.165, 1.54) is 12.1 Å². The zero-order valence-electron chi connectivity index (χ0n) is 17.2. The summed E-state index contributed by atoms with van der Waals surface area (Å²) in [5.41, 5.74) is 2.41. The van der Waals surface area contributed by atoms with Gasteiger partial charge >= 0.3 is 0 Å². The Bertz CT molecular complexity index is 1020. The van der Waals surface area contributed by atoms with Crippen molar-refractivity contribution in [2.24, 2.45) is 0 Å². The van der Waals surface area contributed by atoms with Gasteiger partial charge in [-0.15, -0.1) is 0 Å². The predicted octanol–water partition coefficient (Wildman–Crippen LogP) is 2.95. The fourth-order valence-corrected chi connectivity index (χ4v) is 3.85. The maximum Gasteiger partial charge on any atom is 0.244 e. The van der Waals surface area contributed by atoms with E-state index in [0.717, 1.165) is 36.2 Å². The van der Waals surface area contributed by atoms with Gasteiger partial charge in [-0.05, 0) is 36.6 Å². The second kappa shape index (κ2) is 8.61. The Morgan fingerprint density at radius 2 is 2.17 bits per heavy atom. The van der Waals surface area contributed by atoms with Gasteiger partial charge in [0.15, 0.2) is 0 Å². The minimum atomic E-state index is -0.296. The lowest BCUT2D eigenvalue weighted by atomic mass is 9.90. The van der Waals surface area contributed by atoms with Crippen LogP contribution in [0.4, 0.5) is 10.3 Å². The summed E-state index contributed by atoms with van der Waals surface area (Å²) in [5.74, 6) is 0.401. The van der Waals surface area contributed by atoms with Crippen LogP contribution in [0.1, 0.15) is 24.5 Å². The first-order valence-corrected chi connectivity index (χ1v) is 10.1. The highest BCUT2D eigenvalue weighted by molar-refractivity contribution is 5.76. The molecule has 1 fully saturated rings. The normalized spacial score (nSPS) is 16.5. The highest BCUT2D eigenvalue weighted by Gasteiger charge is 2.28. The van der Waals surface area contributed by atoms with Gasteiger partial charge in [-0.3, -0.25) is 9.48 Å². The summed E-state index contributed by atoms with van der Waals surface area (Å²) < 4.78 is 15.5. The molecule has 0 aliphatic carbocycles. The van der Waals surface area contributed by atoms with Crippen LogP contribution >= 0.6 is 0 Å². The van der Waals surface area contributed by atoms with Gasteiger partial charge in [0.1, 0.15) is 12.4 Å². The van der Waals surface area contributed by atoms with Crippen LogP contribution in [-0.4, -0.2) is 57.7 Å². The monoisotopic (exact) mass is 408 g/mol. The Balaban J connectivity index is 1.64. The molecule has 2 aromatic heterocycles. The van der Waals surface area contributed by atoms with E-state index in [2.05, 4.69) is 10.1 Å². The number of hydrogen-bond acceptors (Lipinski definition) is 5. The molecule has 1 amide bonds. The van der Waals surface area contributed by atoms with Crippen molar-refractivity contribution in [2.45, 2.75) is 25.3 Å². The van der Waals surface area contributed by atoms with E-state index in [0.29, 0.717) is 12.5 Å². The average Bonchev–Trinajstić information content (AvgIpc) is 3.26. The number of nitrogens with zero attached hydrogens (tertiary/aromatic N) is 6. The van der Waals surface area contributed by atoms with E-state index in [4.69, 9.17) is 4.98 Å². The molecule has 1 saturated heterocycles. The van der Waals surface area contributed by atoms with E-state index in [9.17, 15) is 9.18 Å². The molecule has 3 heterocycles. The summed E-state index contributed by atoms with van der Waals surface area (Å²) in [6.45, 7) is 1.52. The Labute approximate surface area is 175 Å². The molecule has 0 saturated carbocycles. The number of carbonyl (C=O) groups is 1. The fourth-order valence-electron chi connectivity index (χ4n) is 3.85. The van der Waals surface area contributed by atoms with Gasteiger partial charge in [0.2, 0.25) is 11.9 Å². The van der Waals surface area contributed by atoms with Crippen molar-refractivity contribution >= 4 is 11.9 Å². The largest absolute Gasteiger partial charge is 0.347 e. The molecular formula is C22H25FN6O. The van der Waals surface area contributed by atoms with Crippen LogP contribution in [0, 0.1) is 5.82 Å². The van der Waals surface area contributed by atoms with Crippen LogP contribution in [0.3, 0.4) is 0 Å². The van der Waals surface area contributed by atoms with Gasteiger partial charge in [0, 0.05) is 57.3 Å². The van der Waals surface area contributed by atoms with E-state index in [1.807, 2.05) is 30.0 Å². The van der Waals surface area contributed by atoms with E-state index in [1.54, 1.807) is 35.4 Å². The summed E-state index contributed by atoms with van der Waals surface area (Å²) in [4.78, 5) is 25.8. The molecule has 0 spiro atoms. The smallest absolute Gasteiger partial charge is 0.244 e. The van der Waals surface area contributed by atoms with Crippen LogP contribution < -0.4 is 4.90 Å². The molecular weight excluding hydrogens is 383 g/mol. The lowest BCUT2D eigenvalue weighted by Crippen LogP contribution is -2.41. The van der Waals surface area contributed by atoms with Crippen LogP contribution in [0.5, 0.6) is 0 Å². The molecule has 0 N–H and O–H groups in total. The number of benzene rings is 1. The number of hydrogen-bond donors (Lipinski definition) is 0. The lowest BCUT2D eigenvalue weighted by Gasteiger charge is -2.33. The van der Waals surface area contributed by atoms with Crippen LogP contribution in [0.2, 0.25) is 0 Å². The van der Waals surface area contributed by atoms with Gasteiger partial charge in [-0.1, -0.05) is 12.1 Å². The van der Waals surface area contributed by atoms with Crippen LogP contribution in [-0.2, 0) is 11.3 Å². The molecule has 1 aliphatic rings. The number of halogens is 1. The quantitative estimate of drug-likeness (QED) is 0.649. The zero-order valence-corrected chi connectivity index (χ0v) is 17.2. The SMILES string of the molecule is CN(C)c1ncc(-c2cccc(F)c2)c([C@H]2CCCN(C(=O)Cn3cccn3)C2)n1. The second-order valence-electron chi connectivity index (χ2n) is 7.76. The second-order valence-corrected chi connectivity index (χ2v) is 7.76. The van der Waals surface area contributed by atoms with Crippen molar-refractivity contribution in [2.75, 3.05) is 32.1 Å². The average molecular weight is 408 g/mol. The molecule has 3 aromatic rings. The Kier molecular flexibility index (Phi) is 5.74. The van der Waals surface area contributed by atoms with Crippen molar-refractivity contribution < 1.29 is 9.18 Å². The van der Waals surface area contributed by atoms with Gasteiger partial charge < -0.3 is 9.80 Å². The highest BCUT2D eigenvalue weighted by Crippen LogP contribution is 2.34. The number of likely N-dealkylation sites (tertiary alicyclic amines) is 1. The first kappa shape index (κ1) is 20.0. The molecule has 1 atom stereocenters. The fraction of sp³-hybridized carbons (Fsp3) is 0.364. The van der Waals surface area contributed by atoms with Crippen molar-refractivity contribution in [3.8, 4) is 11.1 Å². The van der Waals surface area contributed by atoms with Gasteiger partial charge in [-0.25, -0.2) is 14.4 Å². The van der Waals surface area contributed by atoms with Crippen LogP contribution in [0.15, 0.2) is 48.9 Å². The number of amides is 1. The molecule has 0 radical (unpaired) electrons. The molecule has 156 valence electrons. The van der Waals surface area contributed by atoms with Gasteiger partial charge in [-0.2, -0.15) is 5.10 Å². The van der Waals surface area contributed by atoms with E-state index in [-0.39, 0.29) is 24.2 Å². The molecule has 0 bridgehead atoms. The maximum absolute atomic E-state index is 13.9. The van der Waals surface area contributed by atoms with Crippen molar-refractivity contribution in [1.82, 2.24) is 24.6 Å². The Hall–Kier alpha value is -3.29. The maximum atomic E-state index is 13.9. The first-order chi connectivity index (χ1) is 14.5. The number of aromatic nitrogens is 4. The Morgan fingerprint density at radius 3 is 2.90 bits per heavy atom. The summed E-state index contributed by atoms with van der Waals surface area (Å²) in [5, 5.41) is 4.13. The van der Waals surface area contributed by atoms with Gasteiger partial charge in [0.05, 0.1) is 5.69 Å². The third kappa shape index (κ3) is 4.32. The molecule has 8 heteroatoms. The lowest BCUT2D eigenvalue weighted by molar-refractivity contribution is -0.133. The number of carbonyl (C=O) groups excluding carboxylic acids is 1. The third-order valence-corrected chi connectivity index (χ3v) is 5.36. The standard InChI is InChI=1S/C22H25FN6O/c1-27(2)22-24-13-19(16-6-3-8-18(23)12-16)21(26-22)17-7-4-10-28(14-17)20(30)15-29-11-5-9-25-29/h3,5-6,8-9,11-13,17H,4,7,10,14-15H2,1-2H3/t17-/m0/s1. The van der Waals surface area contributed by atoms with Crippen LogP contribution in [0.25, 0.3) is 11.1 Å². The zero-order chi connectivity index (χ0) is 21.1. The predicted molar refractivity (Wildman–Crippen MR) is 113 cm³/mol. The van der Waals surface area contributed by atoms with E-state index >= 15 is 0 Å². The molecule has 4 rings (SSSR count). The molecule has 0 unspecified atom stereocenters. The molecule has 1 aromatic carbocycles. The third-order valence-electron chi connectivity index (χ3n) is 5.36. The number of anilines is 1. The molecule has 1 aliphatic heterocycles. The number of rotatable bonds is 5. The summed E-state index contributed by atoms with van der Waals surface area (Å²) in [7, 11) is 3.78. The van der Waals surface area contributed by atoms with Crippen molar-refractivity contribution in [1.29, 1.82) is 0 Å². The van der Waals surface area contributed by atoms with Gasteiger partial charge in [0.25, 0.3) is 0 Å². The minimum Gasteiger partial charge on any atom is -0.347 e. The minimum absolute atomic E-state index is 0.0394. The summed E-state index contributed by atoms with van der Waals surface area (Å²) >= 11 is 0. The summed E-state index contributed by atoms with van der Waals surface area (Å²) in [6.07, 6.45) is 7.02. The van der Waals surface area contributed by atoms with Crippen molar-refractivity contribution in [3.05, 3.63) is 60.4 Å². The molecule has 30 heavy (non-hydrogen) atoms. The first-order valence-electron chi connectivity index (χ1n) is 10.1. The van der Waals surface area contributed by atoms with Crippen molar-refractivity contribution in [3.63, 3.8) is 0 Å². The topological polar surface area (TPSA) is 67.2 Å². The Morgan fingerprint density at radius 1 is 1.30 bits per heavy atom. The molecule has 7 nitrogen and oxygen atoms in total. The number of piperidine rings is 1. The highest BCUT2D eigenvalue weighted by atomic mass is 19.1.